The van der Waals surface area contributed by atoms with E-state index in [-0.39, 0.29) is 6.04 Å². The Morgan fingerprint density at radius 3 is 2.67 bits per heavy atom. The van der Waals surface area contributed by atoms with E-state index in [9.17, 15) is 9.90 Å². The number of carbonyl (C=O) groups excluding carboxylic acids is 1. The summed E-state index contributed by atoms with van der Waals surface area (Å²) in [7, 11) is 0. The molecule has 0 radical (unpaired) electrons. The molecule has 0 heterocycles. The first-order valence-electron chi connectivity index (χ1n) is 5.01. The molecule has 4 nitrogen and oxygen atoms in total. The summed E-state index contributed by atoms with van der Waals surface area (Å²) in [5.74, 6) is 0. The van der Waals surface area contributed by atoms with E-state index in [1.807, 2.05) is 24.3 Å². The number of nitrogens with one attached hydrogen (secondary N) is 1. The van der Waals surface area contributed by atoms with Crippen molar-refractivity contribution in [3.8, 4) is 0 Å². The van der Waals surface area contributed by atoms with Gasteiger partial charge in [0.05, 0.1) is 12.1 Å². The second-order valence-corrected chi connectivity index (χ2v) is 3.78. The highest BCUT2D eigenvalue weighted by Gasteiger charge is 2.25. The van der Waals surface area contributed by atoms with Crippen molar-refractivity contribution in [2.75, 3.05) is 0 Å². The van der Waals surface area contributed by atoms with Crippen molar-refractivity contribution >= 4 is 6.03 Å². The van der Waals surface area contributed by atoms with Crippen LogP contribution in [0.2, 0.25) is 0 Å². The summed E-state index contributed by atoms with van der Waals surface area (Å²) in [5.41, 5.74) is 6.96. The number of nitrogens with two attached hydrogens (primary N) is 1. The minimum absolute atomic E-state index is 0.0675. The Morgan fingerprint density at radius 1 is 1.33 bits per heavy atom. The van der Waals surface area contributed by atoms with Crippen LogP contribution in [-0.2, 0) is 0 Å². The van der Waals surface area contributed by atoms with Gasteiger partial charge in [-0.25, -0.2) is 4.79 Å². The molecule has 0 fully saturated rings. The van der Waals surface area contributed by atoms with Gasteiger partial charge in [-0.3, -0.25) is 0 Å². The first-order valence-corrected chi connectivity index (χ1v) is 5.01. The zero-order valence-electron chi connectivity index (χ0n) is 8.31. The predicted octanol–water partition coefficient (Wildman–Crippen LogP) is 1.22. The van der Waals surface area contributed by atoms with Crippen molar-refractivity contribution in [3.05, 3.63) is 35.4 Å². The van der Waals surface area contributed by atoms with Gasteiger partial charge in [-0.15, -0.1) is 0 Å². The lowest BCUT2D eigenvalue weighted by atomic mass is 9.86. The minimum Gasteiger partial charge on any atom is -0.388 e. The van der Waals surface area contributed by atoms with Crippen molar-refractivity contribution in [1.29, 1.82) is 0 Å². The molecule has 0 saturated heterocycles. The molecule has 1 aromatic rings. The first-order chi connectivity index (χ1) is 7.18. The van der Waals surface area contributed by atoms with Gasteiger partial charge in [0, 0.05) is 0 Å². The average Bonchev–Trinajstić information content (AvgIpc) is 2.22. The maximum atomic E-state index is 10.8. The summed E-state index contributed by atoms with van der Waals surface area (Å²) >= 11 is 0. The molecule has 0 saturated carbocycles. The van der Waals surface area contributed by atoms with Gasteiger partial charge in [-0.05, 0) is 24.0 Å². The topological polar surface area (TPSA) is 75.4 Å². The maximum Gasteiger partial charge on any atom is 0.312 e. The number of carbonyl (C=O) groups is 1. The lowest BCUT2D eigenvalue weighted by Gasteiger charge is -2.28. The number of rotatable bonds is 1. The fourth-order valence-corrected chi connectivity index (χ4v) is 2.09. The monoisotopic (exact) mass is 206 g/mol. The molecular formula is C11H14N2O2. The van der Waals surface area contributed by atoms with Crippen LogP contribution < -0.4 is 11.1 Å². The van der Waals surface area contributed by atoms with E-state index in [4.69, 9.17) is 5.73 Å². The van der Waals surface area contributed by atoms with E-state index in [0.717, 1.165) is 17.5 Å². The fourth-order valence-electron chi connectivity index (χ4n) is 2.09. The second-order valence-electron chi connectivity index (χ2n) is 3.78. The molecule has 1 aliphatic rings. The van der Waals surface area contributed by atoms with Crippen LogP contribution in [-0.4, -0.2) is 11.1 Å². The molecule has 4 N–H and O–H groups in total. The van der Waals surface area contributed by atoms with Crippen molar-refractivity contribution < 1.29 is 9.90 Å². The highest BCUT2D eigenvalue weighted by Crippen LogP contribution is 2.35. The number of urea groups is 1. The molecule has 0 bridgehead atoms. The Bertz CT molecular complexity index is 379. The Labute approximate surface area is 88.1 Å². The van der Waals surface area contributed by atoms with E-state index in [2.05, 4.69) is 5.32 Å². The van der Waals surface area contributed by atoms with Gasteiger partial charge >= 0.3 is 6.03 Å². The summed E-state index contributed by atoms with van der Waals surface area (Å²) in [6.45, 7) is 0. The van der Waals surface area contributed by atoms with E-state index in [1.165, 1.54) is 0 Å². The van der Waals surface area contributed by atoms with Crippen molar-refractivity contribution in [1.82, 2.24) is 5.32 Å². The number of amides is 2. The molecular weight excluding hydrogens is 192 g/mol. The Balaban J connectivity index is 2.31. The standard InChI is InChI=1S/C11H14N2O2/c12-11(15)13-9-5-6-10(14)8-4-2-1-3-7(8)9/h1-4,9-10,14H,5-6H2,(H3,12,13,15)/t9-,10+/m0/s1. The molecule has 2 rings (SSSR count). The molecule has 0 spiro atoms. The smallest absolute Gasteiger partial charge is 0.312 e. The summed E-state index contributed by atoms with van der Waals surface area (Å²) in [4.78, 5) is 10.8. The minimum atomic E-state index is -0.522. The van der Waals surface area contributed by atoms with Crippen molar-refractivity contribution in [2.45, 2.75) is 25.0 Å². The predicted molar refractivity (Wildman–Crippen MR) is 56.1 cm³/mol. The number of aliphatic hydroxyl groups excluding tert-OH is 1. The van der Waals surface area contributed by atoms with E-state index in [0.29, 0.717) is 6.42 Å². The quantitative estimate of drug-likeness (QED) is 0.646. The van der Waals surface area contributed by atoms with Gasteiger partial charge in [0.2, 0.25) is 0 Å². The van der Waals surface area contributed by atoms with Crippen LogP contribution in [0.5, 0.6) is 0 Å². The van der Waals surface area contributed by atoms with E-state index in [1.54, 1.807) is 0 Å². The first kappa shape index (κ1) is 9.98. The maximum absolute atomic E-state index is 10.8. The number of primary amides is 1. The third-order valence-corrected chi connectivity index (χ3v) is 2.78. The van der Waals surface area contributed by atoms with Crippen LogP contribution in [0.25, 0.3) is 0 Å². The molecule has 2 atom stereocenters. The summed E-state index contributed by atoms with van der Waals surface area (Å²) in [6.07, 6.45) is 0.954. The normalized spacial score (nSPS) is 24.3. The number of benzene rings is 1. The third kappa shape index (κ3) is 1.94. The van der Waals surface area contributed by atoms with Crippen molar-refractivity contribution in [2.24, 2.45) is 5.73 Å². The van der Waals surface area contributed by atoms with Crippen LogP contribution in [0, 0.1) is 0 Å². The van der Waals surface area contributed by atoms with Gasteiger partial charge in [0.15, 0.2) is 0 Å². The molecule has 2 amide bonds. The number of hydrogen-bond acceptors (Lipinski definition) is 2. The second kappa shape index (κ2) is 3.90. The molecule has 0 aromatic heterocycles. The van der Waals surface area contributed by atoms with Crippen LogP contribution in [0.3, 0.4) is 0 Å². The molecule has 4 heteroatoms. The summed E-state index contributed by atoms with van der Waals surface area (Å²) < 4.78 is 0. The summed E-state index contributed by atoms with van der Waals surface area (Å²) in [6, 6.07) is 6.99. The molecule has 0 aliphatic heterocycles. The Morgan fingerprint density at radius 2 is 2.00 bits per heavy atom. The zero-order valence-corrected chi connectivity index (χ0v) is 8.31. The largest absolute Gasteiger partial charge is 0.388 e. The molecule has 80 valence electrons. The fraction of sp³-hybridized carbons (Fsp3) is 0.364. The molecule has 1 aliphatic carbocycles. The van der Waals surface area contributed by atoms with Crippen LogP contribution in [0.15, 0.2) is 24.3 Å². The molecule has 15 heavy (non-hydrogen) atoms. The lowest BCUT2D eigenvalue weighted by molar-refractivity contribution is 0.147. The number of fused-ring (bicyclic) bond motifs is 1. The lowest BCUT2D eigenvalue weighted by Crippen LogP contribution is -2.35. The highest BCUT2D eigenvalue weighted by molar-refractivity contribution is 5.72. The van der Waals surface area contributed by atoms with Gasteiger partial charge in [0.1, 0.15) is 0 Å². The molecule has 0 unspecified atom stereocenters. The van der Waals surface area contributed by atoms with Gasteiger partial charge < -0.3 is 16.2 Å². The number of hydrogen-bond donors (Lipinski definition) is 3. The van der Waals surface area contributed by atoms with Gasteiger partial charge in [-0.1, -0.05) is 24.3 Å². The average molecular weight is 206 g/mol. The van der Waals surface area contributed by atoms with Crippen LogP contribution in [0.1, 0.15) is 36.1 Å². The van der Waals surface area contributed by atoms with E-state index < -0.39 is 12.1 Å². The van der Waals surface area contributed by atoms with Crippen molar-refractivity contribution in [3.63, 3.8) is 0 Å². The Hall–Kier alpha value is -1.55. The highest BCUT2D eigenvalue weighted by atomic mass is 16.3. The van der Waals surface area contributed by atoms with Crippen LogP contribution >= 0.6 is 0 Å². The SMILES string of the molecule is NC(=O)N[C@H]1CC[C@@H](O)c2ccccc21. The van der Waals surface area contributed by atoms with E-state index >= 15 is 0 Å². The third-order valence-electron chi connectivity index (χ3n) is 2.78. The Kier molecular flexibility index (Phi) is 2.60. The number of aliphatic hydroxyl groups is 1. The van der Waals surface area contributed by atoms with Gasteiger partial charge in [-0.2, -0.15) is 0 Å². The summed E-state index contributed by atoms with van der Waals surface area (Å²) in [5, 5.41) is 12.5. The molecule has 1 aromatic carbocycles. The van der Waals surface area contributed by atoms with Crippen LogP contribution in [0.4, 0.5) is 4.79 Å². The van der Waals surface area contributed by atoms with Gasteiger partial charge in [0.25, 0.3) is 0 Å². The zero-order chi connectivity index (χ0) is 10.8.